The molecule has 0 unspecified atom stereocenters. The molecule has 1 aliphatic rings. The zero-order chi connectivity index (χ0) is 30.1. The Kier molecular flexibility index (Phi) is 8.45. The molecule has 0 N–H and O–H groups in total. The van der Waals surface area contributed by atoms with Gasteiger partial charge in [-0.25, -0.2) is 4.68 Å². The van der Waals surface area contributed by atoms with Crippen molar-refractivity contribution in [3.05, 3.63) is 82.0 Å². The van der Waals surface area contributed by atoms with Crippen LogP contribution in [-0.4, -0.2) is 50.1 Å². The van der Waals surface area contributed by atoms with Crippen molar-refractivity contribution in [3.8, 4) is 5.75 Å². The van der Waals surface area contributed by atoms with Crippen molar-refractivity contribution in [2.75, 3.05) is 13.2 Å². The van der Waals surface area contributed by atoms with Crippen LogP contribution in [0.25, 0.3) is 21.1 Å². The van der Waals surface area contributed by atoms with Gasteiger partial charge in [-0.1, -0.05) is 31.2 Å². The van der Waals surface area contributed by atoms with Gasteiger partial charge >= 0.3 is 5.97 Å². The molecular formula is C34H39N5O3S. The summed E-state index contributed by atoms with van der Waals surface area (Å²) in [5.41, 5.74) is 7.30. The Morgan fingerprint density at radius 3 is 2.81 bits per heavy atom. The molecule has 3 atom stereocenters. The van der Waals surface area contributed by atoms with Gasteiger partial charge in [-0.3, -0.25) is 14.7 Å². The number of thiophene rings is 1. The highest BCUT2D eigenvalue weighted by Crippen LogP contribution is 2.40. The van der Waals surface area contributed by atoms with Gasteiger partial charge in [0.25, 0.3) is 0 Å². The van der Waals surface area contributed by atoms with Gasteiger partial charge in [0.1, 0.15) is 17.4 Å². The fraction of sp³-hybridized carbons (Fsp3) is 0.412. The number of hydrogen-bond acceptors (Lipinski definition) is 8. The molecule has 0 spiro atoms. The topological polar surface area (TPSA) is 82.4 Å². The predicted molar refractivity (Wildman–Crippen MR) is 171 cm³/mol. The Bertz CT molecular complexity index is 1760. The lowest BCUT2D eigenvalue weighted by atomic mass is 9.84. The summed E-state index contributed by atoms with van der Waals surface area (Å²) in [6.07, 6.45) is 4.05. The van der Waals surface area contributed by atoms with Crippen molar-refractivity contribution in [1.82, 2.24) is 24.9 Å². The molecule has 0 amide bonds. The van der Waals surface area contributed by atoms with E-state index in [0.717, 1.165) is 65.1 Å². The van der Waals surface area contributed by atoms with E-state index in [0.29, 0.717) is 6.61 Å². The largest absolute Gasteiger partial charge is 0.487 e. The van der Waals surface area contributed by atoms with Crippen LogP contribution in [0.3, 0.4) is 0 Å². The van der Waals surface area contributed by atoms with E-state index in [1.54, 1.807) is 16.0 Å². The summed E-state index contributed by atoms with van der Waals surface area (Å²) in [4.78, 5) is 20.3. The van der Waals surface area contributed by atoms with Crippen LogP contribution in [0.15, 0.2) is 54.0 Å². The molecule has 8 nitrogen and oxygen atoms in total. The predicted octanol–water partition coefficient (Wildman–Crippen LogP) is 7.10. The second-order valence-corrected chi connectivity index (χ2v) is 12.2. The van der Waals surface area contributed by atoms with E-state index in [9.17, 15) is 4.79 Å². The number of aromatic nitrogens is 4. The maximum Gasteiger partial charge on any atom is 0.306 e. The highest BCUT2D eigenvalue weighted by molar-refractivity contribution is 7.17. The average Bonchev–Trinajstić information content (AvgIpc) is 3.60. The van der Waals surface area contributed by atoms with E-state index in [-0.39, 0.29) is 30.5 Å². The number of nitrogens with zero attached hydrogens (tertiary/aromatic N) is 5. The summed E-state index contributed by atoms with van der Waals surface area (Å²) < 4.78 is 15.0. The third-order valence-corrected chi connectivity index (χ3v) is 9.69. The maximum absolute atomic E-state index is 13.0. The van der Waals surface area contributed by atoms with Gasteiger partial charge in [-0.15, -0.1) is 16.4 Å². The molecule has 0 saturated heterocycles. The summed E-state index contributed by atoms with van der Waals surface area (Å²) in [5, 5.41) is 12.0. The highest BCUT2D eigenvalue weighted by Gasteiger charge is 2.31. The summed E-state index contributed by atoms with van der Waals surface area (Å²) in [6, 6.07) is 15.1. The normalized spacial score (nSPS) is 17.9. The van der Waals surface area contributed by atoms with E-state index in [4.69, 9.17) is 14.5 Å². The molecular weight excluding hydrogens is 558 g/mol. The summed E-state index contributed by atoms with van der Waals surface area (Å²) >= 11 is 1.77. The van der Waals surface area contributed by atoms with Crippen molar-refractivity contribution < 1.29 is 14.3 Å². The van der Waals surface area contributed by atoms with E-state index in [1.165, 1.54) is 15.6 Å². The Labute approximate surface area is 256 Å². The molecule has 0 saturated carbocycles. The number of aryl methyl sites for hydroxylation is 2. The lowest BCUT2D eigenvalue weighted by molar-refractivity contribution is -0.143. The minimum atomic E-state index is -0.206. The van der Waals surface area contributed by atoms with E-state index in [2.05, 4.69) is 71.7 Å². The molecule has 0 bridgehead atoms. The van der Waals surface area contributed by atoms with E-state index < -0.39 is 0 Å². The summed E-state index contributed by atoms with van der Waals surface area (Å²) in [5.74, 6) is 0.499. The second-order valence-electron chi connectivity index (χ2n) is 11.3. The molecule has 5 aromatic rings. The molecule has 224 valence electrons. The number of esters is 1. The molecule has 0 fully saturated rings. The van der Waals surface area contributed by atoms with Crippen LogP contribution >= 0.6 is 11.3 Å². The quantitative estimate of drug-likeness (QED) is 0.168. The zero-order valence-electron chi connectivity index (χ0n) is 25.5. The summed E-state index contributed by atoms with van der Waals surface area (Å²) in [6.45, 7) is 10.3. The average molecular weight is 598 g/mol. The van der Waals surface area contributed by atoms with Crippen molar-refractivity contribution in [2.45, 2.75) is 71.6 Å². The van der Waals surface area contributed by atoms with Crippen LogP contribution < -0.4 is 4.74 Å². The molecule has 1 aliphatic heterocycles. The molecule has 3 aromatic heterocycles. The third kappa shape index (κ3) is 5.63. The molecule has 9 heteroatoms. The van der Waals surface area contributed by atoms with E-state index >= 15 is 0 Å². The van der Waals surface area contributed by atoms with Crippen LogP contribution in [0.1, 0.15) is 79.9 Å². The first kappa shape index (κ1) is 29.3. The van der Waals surface area contributed by atoms with Crippen LogP contribution in [0.4, 0.5) is 0 Å². The molecule has 0 radical (unpaired) electrons. The first-order chi connectivity index (χ1) is 20.9. The Morgan fingerprint density at radius 1 is 1.16 bits per heavy atom. The number of pyridine rings is 1. The van der Waals surface area contributed by atoms with Gasteiger partial charge in [-0.2, -0.15) is 0 Å². The monoisotopic (exact) mass is 597 g/mol. The number of hydrogen-bond donors (Lipinski definition) is 0. The molecule has 2 aromatic carbocycles. The van der Waals surface area contributed by atoms with Gasteiger partial charge in [0.2, 0.25) is 0 Å². The zero-order valence-corrected chi connectivity index (χ0v) is 26.4. The lowest BCUT2D eigenvalue weighted by Gasteiger charge is -2.30. The molecule has 0 aliphatic carbocycles. The number of ether oxygens (including phenoxy) is 2. The van der Waals surface area contributed by atoms with Crippen LogP contribution in [0.5, 0.6) is 5.75 Å². The molecule has 4 heterocycles. The first-order valence-corrected chi connectivity index (χ1v) is 16.1. The minimum absolute atomic E-state index is 0.0828. The third-order valence-electron chi connectivity index (χ3n) is 8.69. The number of benzene rings is 2. The van der Waals surface area contributed by atoms with Crippen LogP contribution in [-0.2, 0) is 23.1 Å². The van der Waals surface area contributed by atoms with Crippen LogP contribution in [0.2, 0.25) is 0 Å². The van der Waals surface area contributed by atoms with Gasteiger partial charge in [0.15, 0.2) is 0 Å². The van der Waals surface area contributed by atoms with Crippen LogP contribution in [0, 0.1) is 6.92 Å². The Hall–Kier alpha value is -3.82. The second kappa shape index (κ2) is 12.4. The Morgan fingerprint density at radius 2 is 2.02 bits per heavy atom. The van der Waals surface area contributed by atoms with Gasteiger partial charge < -0.3 is 9.47 Å². The SMILES string of the molecule is CCOC(=O)C[C@@H](c1cc(CN2C[C@@H](CC)Oc3cccnc3[C@@H]2CC)c2sccc2c1)c1ccc2c(nnn2C)c1C. The number of carbonyl (C=O) groups is 1. The standard InChI is InChI=1S/C34H39N5O3S/c1-6-25-20-39(28(7-2)33-30(42-25)10-9-14-35-33)19-24-17-23(16-22-13-15-43-34(22)24)27(18-31(40)41-8-3)26-11-12-29-32(21(26)4)36-37-38(29)5/h9-17,25,27-28H,6-8,18-20H2,1-5H3/t25-,27+,28+/m1/s1. The fourth-order valence-electron chi connectivity index (χ4n) is 6.51. The summed E-state index contributed by atoms with van der Waals surface area (Å²) in [7, 11) is 1.90. The first-order valence-electron chi connectivity index (χ1n) is 15.2. The maximum atomic E-state index is 13.0. The van der Waals surface area contributed by atoms with Gasteiger partial charge in [0, 0.05) is 37.0 Å². The number of rotatable bonds is 9. The van der Waals surface area contributed by atoms with Crippen molar-refractivity contribution >= 4 is 38.4 Å². The lowest BCUT2D eigenvalue weighted by Crippen LogP contribution is -2.35. The Balaban J connectivity index is 1.45. The highest BCUT2D eigenvalue weighted by atomic mass is 32.1. The molecule has 6 rings (SSSR count). The van der Waals surface area contributed by atoms with Gasteiger partial charge in [0.05, 0.1) is 30.3 Å². The fourth-order valence-corrected chi connectivity index (χ4v) is 7.40. The van der Waals surface area contributed by atoms with Gasteiger partial charge in [-0.05, 0) is 90.0 Å². The number of fused-ring (bicyclic) bond motifs is 3. The smallest absolute Gasteiger partial charge is 0.306 e. The minimum Gasteiger partial charge on any atom is -0.487 e. The van der Waals surface area contributed by atoms with Crippen molar-refractivity contribution in [3.63, 3.8) is 0 Å². The number of carbonyl (C=O) groups excluding carboxylic acids is 1. The van der Waals surface area contributed by atoms with Crippen molar-refractivity contribution in [1.29, 1.82) is 0 Å². The van der Waals surface area contributed by atoms with Crippen molar-refractivity contribution in [2.24, 2.45) is 7.05 Å². The van der Waals surface area contributed by atoms with E-state index in [1.807, 2.05) is 32.3 Å². The molecule has 43 heavy (non-hydrogen) atoms.